The van der Waals surface area contributed by atoms with E-state index < -0.39 is 17.3 Å². The number of Topliss-reactive ketones (excluding diaryl/α,β-unsaturated/α-hetero) is 1. The lowest BCUT2D eigenvalue weighted by Crippen LogP contribution is -2.31. The van der Waals surface area contributed by atoms with Gasteiger partial charge in [-0.1, -0.05) is 12.1 Å². The first-order valence-electron chi connectivity index (χ1n) is 5.73. The lowest BCUT2D eigenvalue weighted by atomic mass is 9.79. The topological polar surface area (TPSA) is 37.3 Å². The van der Waals surface area contributed by atoms with Crippen LogP contribution in [0.15, 0.2) is 24.3 Å². The van der Waals surface area contributed by atoms with Crippen molar-refractivity contribution in [3.63, 3.8) is 0 Å². The first-order chi connectivity index (χ1) is 8.31. The molecule has 1 aromatic carbocycles. The number of benzene rings is 1. The number of halogens is 3. The molecule has 1 aliphatic rings. The Kier molecular flexibility index (Phi) is 3.19. The van der Waals surface area contributed by atoms with Gasteiger partial charge >= 0.3 is 6.18 Å². The van der Waals surface area contributed by atoms with Gasteiger partial charge in [0.15, 0.2) is 0 Å². The van der Waals surface area contributed by atoms with Gasteiger partial charge in [-0.05, 0) is 30.5 Å². The van der Waals surface area contributed by atoms with Gasteiger partial charge in [0.05, 0.1) is 11.2 Å². The quantitative estimate of drug-likeness (QED) is 0.840. The molecule has 0 amide bonds. The number of ketones is 1. The minimum atomic E-state index is -4.42. The SMILES string of the molecule is O=C1CCC(O)(c2cccc(C(F)(F)F)c2)CC1. The minimum absolute atomic E-state index is 0.0478. The van der Waals surface area contributed by atoms with E-state index in [4.69, 9.17) is 0 Å². The molecule has 0 atom stereocenters. The zero-order chi connectivity index (χ0) is 13.4. The summed E-state index contributed by atoms with van der Waals surface area (Å²) in [7, 11) is 0. The average Bonchev–Trinajstić information content (AvgIpc) is 2.32. The van der Waals surface area contributed by atoms with Gasteiger partial charge in [-0.15, -0.1) is 0 Å². The smallest absolute Gasteiger partial charge is 0.385 e. The summed E-state index contributed by atoms with van der Waals surface area (Å²) in [4.78, 5) is 11.1. The number of aliphatic hydroxyl groups is 1. The Bertz CT molecular complexity index is 456. The molecule has 0 bridgehead atoms. The largest absolute Gasteiger partial charge is 0.416 e. The Morgan fingerprint density at radius 1 is 1.17 bits per heavy atom. The maximum absolute atomic E-state index is 12.6. The van der Waals surface area contributed by atoms with Crippen LogP contribution in [0.25, 0.3) is 0 Å². The molecule has 0 saturated heterocycles. The predicted molar refractivity (Wildman–Crippen MR) is 58.8 cm³/mol. The molecule has 0 unspecified atom stereocenters. The van der Waals surface area contributed by atoms with Crippen LogP contribution in [-0.2, 0) is 16.6 Å². The van der Waals surface area contributed by atoms with Crippen molar-refractivity contribution in [1.82, 2.24) is 0 Å². The number of hydrogen-bond acceptors (Lipinski definition) is 2. The van der Waals surface area contributed by atoms with Gasteiger partial charge in [0, 0.05) is 12.8 Å². The maximum Gasteiger partial charge on any atom is 0.416 e. The summed E-state index contributed by atoms with van der Waals surface area (Å²) in [5.41, 5.74) is -1.84. The zero-order valence-corrected chi connectivity index (χ0v) is 9.63. The van der Waals surface area contributed by atoms with Crippen LogP contribution in [0.5, 0.6) is 0 Å². The molecule has 1 saturated carbocycles. The van der Waals surface area contributed by atoms with Crippen molar-refractivity contribution in [3.05, 3.63) is 35.4 Å². The molecule has 1 aliphatic carbocycles. The Morgan fingerprint density at radius 3 is 2.33 bits per heavy atom. The van der Waals surface area contributed by atoms with Gasteiger partial charge in [0.2, 0.25) is 0 Å². The fourth-order valence-corrected chi connectivity index (χ4v) is 2.22. The molecule has 0 spiro atoms. The van der Waals surface area contributed by atoms with E-state index >= 15 is 0 Å². The fraction of sp³-hybridized carbons (Fsp3) is 0.462. The second-order valence-electron chi connectivity index (χ2n) is 4.65. The third-order valence-corrected chi connectivity index (χ3v) is 3.36. The van der Waals surface area contributed by atoms with Crippen LogP contribution < -0.4 is 0 Å². The number of carbonyl (C=O) groups excluding carboxylic acids is 1. The number of rotatable bonds is 1. The number of carbonyl (C=O) groups is 1. The van der Waals surface area contributed by atoms with Crippen LogP contribution in [-0.4, -0.2) is 10.9 Å². The second kappa shape index (κ2) is 4.39. The summed E-state index contributed by atoms with van der Waals surface area (Å²) in [6, 6.07) is 4.70. The molecular formula is C13H13F3O2. The monoisotopic (exact) mass is 258 g/mol. The van der Waals surface area contributed by atoms with Crippen LogP contribution >= 0.6 is 0 Å². The van der Waals surface area contributed by atoms with Gasteiger partial charge < -0.3 is 5.11 Å². The molecule has 98 valence electrons. The molecule has 5 heteroatoms. The van der Waals surface area contributed by atoms with Gasteiger partial charge in [0.25, 0.3) is 0 Å². The highest BCUT2D eigenvalue weighted by Crippen LogP contribution is 2.38. The van der Waals surface area contributed by atoms with E-state index in [-0.39, 0.29) is 37.0 Å². The van der Waals surface area contributed by atoms with Crippen LogP contribution in [0, 0.1) is 0 Å². The Hall–Kier alpha value is -1.36. The summed E-state index contributed by atoms with van der Waals surface area (Å²) in [6.07, 6.45) is -3.61. The summed E-state index contributed by atoms with van der Waals surface area (Å²) < 4.78 is 37.8. The minimum Gasteiger partial charge on any atom is -0.385 e. The van der Waals surface area contributed by atoms with Crippen LogP contribution in [0.4, 0.5) is 13.2 Å². The highest BCUT2D eigenvalue weighted by Gasteiger charge is 2.36. The third kappa shape index (κ3) is 2.56. The van der Waals surface area contributed by atoms with Crippen molar-refractivity contribution < 1.29 is 23.1 Å². The first-order valence-corrected chi connectivity index (χ1v) is 5.73. The molecule has 0 aromatic heterocycles. The summed E-state index contributed by atoms with van der Waals surface area (Å²) >= 11 is 0. The normalized spacial score (nSPS) is 19.9. The lowest BCUT2D eigenvalue weighted by Gasteiger charge is -2.32. The van der Waals surface area contributed by atoms with Crippen molar-refractivity contribution in [2.24, 2.45) is 0 Å². The van der Waals surface area contributed by atoms with Crippen LogP contribution in [0.1, 0.15) is 36.8 Å². The zero-order valence-electron chi connectivity index (χ0n) is 9.63. The van der Waals surface area contributed by atoms with Crippen molar-refractivity contribution in [2.75, 3.05) is 0 Å². The highest BCUT2D eigenvalue weighted by molar-refractivity contribution is 5.79. The van der Waals surface area contributed by atoms with Crippen molar-refractivity contribution in [2.45, 2.75) is 37.5 Å². The number of alkyl halides is 3. The lowest BCUT2D eigenvalue weighted by molar-refractivity contribution is -0.138. The van der Waals surface area contributed by atoms with Gasteiger partial charge in [-0.3, -0.25) is 4.79 Å². The molecule has 2 nitrogen and oxygen atoms in total. The van der Waals surface area contributed by atoms with E-state index in [2.05, 4.69) is 0 Å². The van der Waals surface area contributed by atoms with Crippen LogP contribution in [0.3, 0.4) is 0 Å². The molecule has 1 N–H and O–H groups in total. The van der Waals surface area contributed by atoms with Gasteiger partial charge in [-0.2, -0.15) is 13.2 Å². The number of hydrogen-bond donors (Lipinski definition) is 1. The first kappa shape index (κ1) is 13.1. The van der Waals surface area contributed by atoms with E-state index in [1.54, 1.807) is 0 Å². The standard InChI is InChI=1S/C13H13F3O2/c14-13(15,16)10-3-1-2-9(8-10)12(18)6-4-11(17)5-7-12/h1-3,8,18H,4-7H2. The van der Waals surface area contributed by atoms with Gasteiger partial charge in [-0.25, -0.2) is 0 Å². The fourth-order valence-electron chi connectivity index (χ4n) is 2.22. The highest BCUT2D eigenvalue weighted by atomic mass is 19.4. The molecule has 1 fully saturated rings. The Morgan fingerprint density at radius 2 is 1.78 bits per heavy atom. The molecule has 1 aromatic rings. The third-order valence-electron chi connectivity index (χ3n) is 3.36. The van der Waals surface area contributed by atoms with Crippen molar-refractivity contribution in [3.8, 4) is 0 Å². The van der Waals surface area contributed by atoms with Crippen molar-refractivity contribution in [1.29, 1.82) is 0 Å². The van der Waals surface area contributed by atoms with Crippen LogP contribution in [0.2, 0.25) is 0 Å². The molecule has 0 radical (unpaired) electrons. The summed E-state index contributed by atoms with van der Waals surface area (Å²) in [5, 5.41) is 10.3. The molecular weight excluding hydrogens is 245 g/mol. The summed E-state index contributed by atoms with van der Waals surface area (Å²) in [6.45, 7) is 0. The second-order valence-corrected chi connectivity index (χ2v) is 4.65. The molecule has 18 heavy (non-hydrogen) atoms. The molecule has 0 aliphatic heterocycles. The average molecular weight is 258 g/mol. The van der Waals surface area contributed by atoms with Crippen molar-refractivity contribution >= 4 is 5.78 Å². The van der Waals surface area contributed by atoms with E-state index in [0.29, 0.717) is 0 Å². The van der Waals surface area contributed by atoms with E-state index in [9.17, 15) is 23.1 Å². The van der Waals surface area contributed by atoms with Gasteiger partial charge in [0.1, 0.15) is 5.78 Å². The predicted octanol–water partition coefficient (Wildman–Crippen LogP) is 3.04. The Labute approximate surface area is 102 Å². The Balaban J connectivity index is 2.31. The summed E-state index contributed by atoms with van der Waals surface area (Å²) in [5.74, 6) is 0.0478. The van der Waals surface area contributed by atoms with E-state index in [0.717, 1.165) is 12.1 Å². The van der Waals surface area contributed by atoms with E-state index in [1.165, 1.54) is 12.1 Å². The van der Waals surface area contributed by atoms with E-state index in [1.807, 2.05) is 0 Å². The molecule has 2 rings (SSSR count). The molecule has 0 heterocycles. The maximum atomic E-state index is 12.6.